The Morgan fingerprint density at radius 1 is 1.00 bits per heavy atom. The van der Waals surface area contributed by atoms with Crippen LogP contribution in [0.1, 0.15) is 51.0 Å². The second kappa shape index (κ2) is 12.6. The third-order valence-corrected chi connectivity index (χ3v) is 7.29. The van der Waals surface area contributed by atoms with Gasteiger partial charge in [0.25, 0.3) is 10.1 Å². The number of hydrogen-bond acceptors (Lipinski definition) is 4. The Morgan fingerprint density at radius 2 is 1.72 bits per heavy atom. The first-order valence-corrected chi connectivity index (χ1v) is 13.9. The van der Waals surface area contributed by atoms with Gasteiger partial charge in [-0.3, -0.25) is 9.35 Å². The van der Waals surface area contributed by atoms with Crippen molar-refractivity contribution in [3.8, 4) is 0 Å². The van der Waals surface area contributed by atoms with E-state index in [4.69, 9.17) is 5.11 Å². The molecule has 2 aromatic carbocycles. The zero-order valence-corrected chi connectivity index (χ0v) is 21.5. The van der Waals surface area contributed by atoms with E-state index in [2.05, 4.69) is 29.0 Å². The summed E-state index contributed by atoms with van der Waals surface area (Å²) in [5.41, 5.74) is 3.94. The Morgan fingerprint density at radius 3 is 2.44 bits per heavy atom. The van der Waals surface area contributed by atoms with E-state index in [-0.39, 0.29) is 17.6 Å². The zero-order chi connectivity index (χ0) is 26.0. The monoisotopic (exact) mass is 511 g/mol. The van der Waals surface area contributed by atoms with Gasteiger partial charge in [-0.25, -0.2) is 0 Å². The number of rotatable bonds is 14. The van der Waals surface area contributed by atoms with Gasteiger partial charge in [-0.2, -0.15) is 13.0 Å². The van der Waals surface area contributed by atoms with Crippen LogP contribution in [-0.4, -0.2) is 46.6 Å². The third kappa shape index (κ3) is 7.63. The van der Waals surface area contributed by atoms with Crippen LogP contribution in [0.5, 0.6) is 0 Å². The van der Waals surface area contributed by atoms with Crippen molar-refractivity contribution in [1.29, 1.82) is 0 Å². The summed E-state index contributed by atoms with van der Waals surface area (Å²) in [5.74, 6) is -1.07. The quantitative estimate of drug-likeness (QED) is 0.133. The summed E-state index contributed by atoms with van der Waals surface area (Å²) in [6.45, 7) is 2.65. The van der Waals surface area contributed by atoms with Crippen LogP contribution in [0.15, 0.2) is 79.0 Å². The van der Waals surface area contributed by atoms with Gasteiger partial charge in [0, 0.05) is 42.4 Å². The molecule has 192 valence electrons. The largest absolute Gasteiger partial charge is 0.481 e. The standard InChI is InChI=1S/C28H34N2O5S/c1-28(19-10-3-6-18-27(31)32)24-15-7-8-16-25(24)30(21-12-22-36(33,34)35)26(28)17-9-11-20-29-23-13-4-2-5-14-23/h2,4-5,7-9,11,13-17,20H,3,6,10,12,18-19,21-22H2,1H3,(H2,31,32,33,34,35)/p+1. The number of carbonyl (C=O) groups is 1. The molecule has 1 aliphatic heterocycles. The maximum Gasteiger partial charge on any atom is 0.303 e. The first-order valence-electron chi connectivity index (χ1n) is 12.3. The number of para-hydroxylation sites is 2. The number of nitrogens with one attached hydrogen (secondary N) is 1. The molecular formula is C28H35N2O5S+. The van der Waals surface area contributed by atoms with Gasteiger partial charge in [0.15, 0.2) is 5.71 Å². The van der Waals surface area contributed by atoms with E-state index in [1.54, 1.807) is 0 Å². The predicted molar refractivity (Wildman–Crippen MR) is 144 cm³/mol. The highest BCUT2D eigenvalue weighted by atomic mass is 32.2. The molecule has 8 heteroatoms. The lowest BCUT2D eigenvalue weighted by molar-refractivity contribution is -0.437. The van der Waals surface area contributed by atoms with Crippen molar-refractivity contribution in [3.05, 3.63) is 84.6 Å². The van der Waals surface area contributed by atoms with E-state index >= 15 is 0 Å². The Kier molecular flexibility index (Phi) is 9.61. The van der Waals surface area contributed by atoms with E-state index in [0.29, 0.717) is 19.4 Å². The molecule has 36 heavy (non-hydrogen) atoms. The molecule has 0 aromatic heterocycles. The van der Waals surface area contributed by atoms with Crippen LogP contribution in [0.4, 0.5) is 11.4 Å². The van der Waals surface area contributed by atoms with Crippen molar-refractivity contribution >= 4 is 33.2 Å². The molecule has 0 saturated carbocycles. The normalized spacial score (nSPS) is 17.7. The van der Waals surface area contributed by atoms with Crippen LogP contribution >= 0.6 is 0 Å². The fourth-order valence-electron chi connectivity index (χ4n) is 4.74. The number of nitrogens with zero attached hydrogens (tertiary/aromatic N) is 1. The Hall–Kier alpha value is -3.23. The van der Waals surface area contributed by atoms with Gasteiger partial charge in [-0.15, -0.1) is 0 Å². The van der Waals surface area contributed by atoms with Crippen LogP contribution < -0.4 is 5.32 Å². The van der Waals surface area contributed by atoms with E-state index in [0.717, 1.165) is 36.3 Å². The second-order valence-corrected chi connectivity index (χ2v) is 10.8. The average molecular weight is 512 g/mol. The summed E-state index contributed by atoms with van der Waals surface area (Å²) in [6.07, 6.45) is 11.5. The van der Waals surface area contributed by atoms with E-state index < -0.39 is 16.1 Å². The molecule has 3 N–H and O–H groups in total. The van der Waals surface area contributed by atoms with Gasteiger partial charge in [-0.1, -0.05) is 55.3 Å². The summed E-state index contributed by atoms with van der Waals surface area (Å²) in [5, 5.41) is 12.2. The van der Waals surface area contributed by atoms with Gasteiger partial charge < -0.3 is 10.4 Å². The third-order valence-electron chi connectivity index (χ3n) is 6.48. The molecule has 0 saturated heterocycles. The maximum atomic E-state index is 11.3. The van der Waals surface area contributed by atoms with Crippen molar-refractivity contribution in [1.82, 2.24) is 0 Å². The number of carboxylic acid groups (broad SMARTS) is 1. The number of allylic oxidation sites excluding steroid dienone is 3. The molecule has 1 unspecified atom stereocenters. The molecule has 0 fully saturated rings. The topological polar surface area (TPSA) is 107 Å². The van der Waals surface area contributed by atoms with Gasteiger partial charge in [-0.05, 0) is 38.0 Å². The highest BCUT2D eigenvalue weighted by Crippen LogP contribution is 2.43. The summed E-state index contributed by atoms with van der Waals surface area (Å²) >= 11 is 0. The number of fused-ring (bicyclic) bond motifs is 1. The Bertz CT molecular complexity index is 1240. The van der Waals surface area contributed by atoms with Crippen LogP contribution in [0.3, 0.4) is 0 Å². The number of anilines is 1. The molecular weight excluding hydrogens is 476 g/mol. The predicted octanol–water partition coefficient (Wildman–Crippen LogP) is 5.54. The lowest BCUT2D eigenvalue weighted by atomic mass is 9.75. The molecule has 7 nitrogen and oxygen atoms in total. The average Bonchev–Trinajstić information content (AvgIpc) is 3.06. The molecule has 0 bridgehead atoms. The molecule has 0 spiro atoms. The minimum atomic E-state index is -4.04. The first kappa shape index (κ1) is 27.4. The minimum Gasteiger partial charge on any atom is -0.481 e. The second-order valence-electron chi connectivity index (χ2n) is 9.21. The molecule has 0 radical (unpaired) electrons. The van der Waals surface area contributed by atoms with E-state index in [1.165, 1.54) is 5.56 Å². The van der Waals surface area contributed by atoms with Crippen molar-refractivity contribution in [2.45, 2.75) is 50.9 Å². The Balaban J connectivity index is 1.85. The zero-order valence-electron chi connectivity index (χ0n) is 20.6. The molecule has 2 aromatic rings. The number of unbranched alkanes of at least 4 members (excludes halogenated alkanes) is 2. The summed E-state index contributed by atoms with van der Waals surface area (Å²) in [6, 6.07) is 18.0. The van der Waals surface area contributed by atoms with Gasteiger partial charge >= 0.3 is 5.97 Å². The molecule has 0 amide bonds. The summed E-state index contributed by atoms with van der Waals surface area (Å²) in [4.78, 5) is 10.9. The molecule has 3 rings (SSSR count). The van der Waals surface area contributed by atoms with Crippen molar-refractivity contribution < 1.29 is 27.4 Å². The molecule has 0 aliphatic carbocycles. The lowest BCUT2D eigenvalue weighted by Crippen LogP contribution is -2.31. The number of hydrogen-bond donors (Lipinski definition) is 3. The smallest absolute Gasteiger partial charge is 0.303 e. The van der Waals surface area contributed by atoms with E-state index in [1.807, 2.05) is 66.9 Å². The highest BCUT2D eigenvalue weighted by Gasteiger charge is 2.46. The van der Waals surface area contributed by atoms with Crippen molar-refractivity contribution in [2.24, 2.45) is 0 Å². The summed E-state index contributed by atoms with van der Waals surface area (Å²) < 4.78 is 34.0. The summed E-state index contributed by atoms with van der Waals surface area (Å²) in [7, 11) is -4.04. The molecule has 1 atom stereocenters. The van der Waals surface area contributed by atoms with Gasteiger partial charge in [0.05, 0.1) is 11.2 Å². The van der Waals surface area contributed by atoms with Crippen LogP contribution in [0.2, 0.25) is 0 Å². The van der Waals surface area contributed by atoms with Crippen molar-refractivity contribution in [3.63, 3.8) is 0 Å². The lowest BCUT2D eigenvalue weighted by Gasteiger charge is -2.22. The molecule has 1 heterocycles. The van der Waals surface area contributed by atoms with Gasteiger partial charge in [0.2, 0.25) is 5.69 Å². The maximum absolute atomic E-state index is 11.3. The van der Waals surface area contributed by atoms with E-state index in [9.17, 15) is 17.8 Å². The number of benzene rings is 2. The van der Waals surface area contributed by atoms with Gasteiger partial charge in [0.1, 0.15) is 6.54 Å². The minimum absolute atomic E-state index is 0.171. The van der Waals surface area contributed by atoms with Crippen LogP contribution in [0.25, 0.3) is 0 Å². The fourth-order valence-corrected chi connectivity index (χ4v) is 5.23. The fraction of sp³-hybridized carbons (Fsp3) is 0.357. The number of carboxylic acids is 1. The molecule has 1 aliphatic rings. The van der Waals surface area contributed by atoms with Crippen LogP contribution in [-0.2, 0) is 20.3 Å². The highest BCUT2D eigenvalue weighted by molar-refractivity contribution is 7.85. The SMILES string of the molecule is CC1(CCCCCC(=O)O)C(/C=C/C=C/Nc2ccccc2)=[N+](CCCS(=O)(=O)O)c2ccccc21. The number of aliphatic carboxylic acids is 1. The van der Waals surface area contributed by atoms with Crippen molar-refractivity contribution in [2.75, 3.05) is 17.6 Å². The first-order chi connectivity index (χ1) is 17.2. The van der Waals surface area contributed by atoms with Crippen LogP contribution in [0, 0.1) is 0 Å². The Labute approximate surface area is 213 Å².